The van der Waals surface area contributed by atoms with Crippen molar-refractivity contribution < 1.29 is 14.3 Å². The number of ether oxygens (including phenoxy) is 2. The lowest BCUT2D eigenvalue weighted by atomic mass is 10.2. The summed E-state index contributed by atoms with van der Waals surface area (Å²) in [5.74, 6) is 0.0465. The summed E-state index contributed by atoms with van der Waals surface area (Å²) in [6.45, 7) is 1.92. The minimum Gasteiger partial charge on any atom is -0.464 e. The quantitative estimate of drug-likeness (QED) is 0.808. The van der Waals surface area contributed by atoms with Crippen LogP contribution in [0.3, 0.4) is 0 Å². The molecule has 0 saturated heterocycles. The van der Waals surface area contributed by atoms with Crippen LogP contribution in [0.2, 0.25) is 5.02 Å². The first-order valence-electron chi connectivity index (χ1n) is 5.44. The summed E-state index contributed by atoms with van der Waals surface area (Å²) in [6, 6.07) is 5.36. The number of hydrogen-bond donors (Lipinski definition) is 0. The number of hydrogen-bond acceptors (Lipinski definition) is 5. The third kappa shape index (κ3) is 3.20. The molecule has 0 fully saturated rings. The summed E-state index contributed by atoms with van der Waals surface area (Å²) in [4.78, 5) is 19.2. The molecule has 2 aromatic rings. The molecule has 0 unspecified atom stereocenters. The number of nitrogens with zero attached hydrogens (tertiary/aromatic N) is 2. The Kier molecular flexibility index (Phi) is 3.97. The number of carbonyl (C=O) groups is 1. The zero-order valence-electron chi connectivity index (χ0n) is 10.4. The first kappa shape index (κ1) is 13.3. The van der Waals surface area contributed by atoms with Crippen LogP contribution in [-0.4, -0.2) is 23.0 Å². The molecule has 0 bridgehead atoms. The maximum atomic E-state index is 11.3. The van der Waals surface area contributed by atoms with Crippen molar-refractivity contribution in [2.75, 3.05) is 7.11 Å². The van der Waals surface area contributed by atoms with Crippen molar-refractivity contribution in [3.05, 3.63) is 46.9 Å². The lowest BCUT2D eigenvalue weighted by molar-refractivity contribution is 0.0592. The zero-order valence-corrected chi connectivity index (χ0v) is 11.1. The van der Waals surface area contributed by atoms with Crippen molar-refractivity contribution in [1.82, 2.24) is 9.97 Å². The number of rotatable bonds is 3. The Hall–Kier alpha value is -2.14. The molecular weight excluding hydrogens is 268 g/mol. The second-order valence-corrected chi connectivity index (χ2v) is 4.18. The summed E-state index contributed by atoms with van der Waals surface area (Å²) in [5.41, 5.74) is 1.09. The monoisotopic (exact) mass is 278 g/mol. The van der Waals surface area contributed by atoms with Gasteiger partial charge in [0.1, 0.15) is 5.75 Å². The summed E-state index contributed by atoms with van der Waals surface area (Å²) in [7, 11) is 1.27. The van der Waals surface area contributed by atoms with Gasteiger partial charge in [0.05, 0.1) is 24.5 Å². The van der Waals surface area contributed by atoms with Gasteiger partial charge in [-0.05, 0) is 24.6 Å². The molecule has 19 heavy (non-hydrogen) atoms. The fraction of sp³-hybridized carbons (Fsp3) is 0.154. The van der Waals surface area contributed by atoms with Gasteiger partial charge in [0.25, 0.3) is 0 Å². The smallest absolute Gasteiger partial charge is 0.358 e. The zero-order chi connectivity index (χ0) is 13.8. The number of aryl methyl sites for hydroxylation is 1. The minimum atomic E-state index is -0.576. The Morgan fingerprint density at radius 1 is 1.32 bits per heavy atom. The summed E-state index contributed by atoms with van der Waals surface area (Å²) in [5, 5.41) is 0.463. The highest BCUT2D eigenvalue weighted by Crippen LogP contribution is 2.28. The van der Waals surface area contributed by atoms with Crippen molar-refractivity contribution in [3.8, 4) is 11.6 Å². The molecule has 0 saturated carbocycles. The molecule has 98 valence electrons. The average Bonchev–Trinajstić information content (AvgIpc) is 2.41. The van der Waals surface area contributed by atoms with Gasteiger partial charge in [-0.3, -0.25) is 4.98 Å². The van der Waals surface area contributed by atoms with E-state index in [0.717, 1.165) is 5.56 Å². The van der Waals surface area contributed by atoms with Gasteiger partial charge in [-0.2, -0.15) is 0 Å². The number of esters is 1. The lowest BCUT2D eigenvalue weighted by Gasteiger charge is -2.07. The molecule has 1 heterocycles. The third-order valence-electron chi connectivity index (χ3n) is 2.31. The maximum absolute atomic E-state index is 11.3. The first-order valence-corrected chi connectivity index (χ1v) is 5.82. The summed E-state index contributed by atoms with van der Waals surface area (Å²) >= 11 is 6.04. The second-order valence-electron chi connectivity index (χ2n) is 3.77. The average molecular weight is 279 g/mol. The number of aromatic nitrogens is 2. The molecule has 1 aromatic heterocycles. The molecule has 5 nitrogen and oxygen atoms in total. The van der Waals surface area contributed by atoms with Crippen molar-refractivity contribution in [1.29, 1.82) is 0 Å². The molecule has 0 aliphatic rings. The van der Waals surface area contributed by atoms with Crippen molar-refractivity contribution >= 4 is 17.6 Å². The first-order chi connectivity index (χ1) is 9.10. The summed E-state index contributed by atoms with van der Waals surface area (Å²) < 4.78 is 10.0. The van der Waals surface area contributed by atoms with E-state index in [1.165, 1.54) is 19.5 Å². The van der Waals surface area contributed by atoms with Crippen LogP contribution in [0, 0.1) is 6.92 Å². The highest BCUT2D eigenvalue weighted by atomic mass is 35.5. The molecule has 0 radical (unpaired) electrons. The van der Waals surface area contributed by atoms with Crippen LogP contribution in [0.15, 0.2) is 30.6 Å². The van der Waals surface area contributed by atoms with E-state index in [-0.39, 0.29) is 11.6 Å². The molecule has 0 atom stereocenters. The van der Waals surface area contributed by atoms with Crippen LogP contribution in [0.1, 0.15) is 16.1 Å². The van der Waals surface area contributed by atoms with E-state index >= 15 is 0 Å². The lowest BCUT2D eigenvalue weighted by Crippen LogP contribution is -2.05. The molecule has 6 heteroatoms. The predicted molar refractivity (Wildman–Crippen MR) is 69.6 cm³/mol. The van der Waals surface area contributed by atoms with Gasteiger partial charge >= 0.3 is 5.97 Å². The van der Waals surface area contributed by atoms with Crippen LogP contribution in [-0.2, 0) is 4.74 Å². The van der Waals surface area contributed by atoms with Crippen molar-refractivity contribution in [3.63, 3.8) is 0 Å². The largest absolute Gasteiger partial charge is 0.464 e. The maximum Gasteiger partial charge on any atom is 0.358 e. The molecular formula is C13H11ClN2O3. The Labute approximate surface area is 115 Å². The molecule has 0 aliphatic carbocycles. The van der Waals surface area contributed by atoms with Crippen LogP contribution >= 0.6 is 11.6 Å². The fourth-order valence-corrected chi connectivity index (χ4v) is 1.68. The van der Waals surface area contributed by atoms with Gasteiger partial charge in [-0.1, -0.05) is 17.7 Å². The Balaban J connectivity index is 2.26. The van der Waals surface area contributed by atoms with E-state index < -0.39 is 5.97 Å². The van der Waals surface area contributed by atoms with E-state index in [1.54, 1.807) is 12.1 Å². The van der Waals surface area contributed by atoms with Crippen LogP contribution in [0.4, 0.5) is 0 Å². The SMILES string of the molecule is COC(=O)c1cncc(Oc2ccc(C)cc2Cl)n1. The molecule has 1 aromatic carbocycles. The van der Waals surface area contributed by atoms with Gasteiger partial charge in [-0.15, -0.1) is 0 Å². The molecule has 0 N–H and O–H groups in total. The number of halogens is 1. The topological polar surface area (TPSA) is 61.3 Å². The number of benzene rings is 1. The van der Waals surface area contributed by atoms with E-state index in [2.05, 4.69) is 14.7 Å². The Morgan fingerprint density at radius 2 is 2.11 bits per heavy atom. The molecule has 2 rings (SSSR count). The normalized spacial score (nSPS) is 10.1. The van der Waals surface area contributed by atoms with Crippen LogP contribution < -0.4 is 4.74 Å². The predicted octanol–water partition coefficient (Wildman–Crippen LogP) is 3.02. The van der Waals surface area contributed by atoms with Crippen LogP contribution in [0.25, 0.3) is 0 Å². The molecule has 0 spiro atoms. The molecule has 0 aliphatic heterocycles. The number of methoxy groups -OCH3 is 1. The highest BCUT2D eigenvalue weighted by Gasteiger charge is 2.10. The van der Waals surface area contributed by atoms with E-state index in [9.17, 15) is 4.79 Å². The second kappa shape index (κ2) is 5.67. The van der Waals surface area contributed by atoms with E-state index in [1.807, 2.05) is 13.0 Å². The van der Waals surface area contributed by atoms with Gasteiger partial charge in [0.2, 0.25) is 5.88 Å². The molecule has 0 amide bonds. The number of carbonyl (C=O) groups excluding carboxylic acids is 1. The fourth-order valence-electron chi connectivity index (χ4n) is 1.40. The van der Waals surface area contributed by atoms with Crippen molar-refractivity contribution in [2.24, 2.45) is 0 Å². The van der Waals surface area contributed by atoms with E-state index in [4.69, 9.17) is 16.3 Å². The van der Waals surface area contributed by atoms with E-state index in [0.29, 0.717) is 10.8 Å². The summed E-state index contributed by atoms with van der Waals surface area (Å²) in [6.07, 6.45) is 2.69. The third-order valence-corrected chi connectivity index (χ3v) is 2.60. The highest BCUT2D eigenvalue weighted by molar-refractivity contribution is 6.32. The van der Waals surface area contributed by atoms with Crippen molar-refractivity contribution in [2.45, 2.75) is 6.92 Å². The van der Waals surface area contributed by atoms with Gasteiger partial charge in [0.15, 0.2) is 5.69 Å². The van der Waals surface area contributed by atoms with Gasteiger partial charge in [-0.25, -0.2) is 9.78 Å². The Bertz CT molecular complexity index is 617. The van der Waals surface area contributed by atoms with Crippen LogP contribution in [0.5, 0.6) is 11.6 Å². The Morgan fingerprint density at radius 3 is 2.79 bits per heavy atom. The standard InChI is InChI=1S/C13H11ClN2O3/c1-8-3-4-11(9(14)5-8)19-12-7-15-6-10(16-12)13(17)18-2/h3-7H,1-2H3. The van der Waals surface area contributed by atoms with Gasteiger partial charge < -0.3 is 9.47 Å². The minimum absolute atomic E-state index is 0.0724. The van der Waals surface area contributed by atoms with Gasteiger partial charge in [0, 0.05) is 0 Å².